The van der Waals surface area contributed by atoms with Gasteiger partial charge in [0.15, 0.2) is 0 Å². The van der Waals surface area contributed by atoms with Crippen LogP contribution in [0.5, 0.6) is 0 Å². The van der Waals surface area contributed by atoms with Gasteiger partial charge in [-0.1, -0.05) is 0 Å². The van der Waals surface area contributed by atoms with Gasteiger partial charge in [0.1, 0.15) is 6.10 Å². The SMILES string of the molecule is CNC(=O)[C@@H]1C[C@H]2CCN(C(=O)N3CCCC3)C[C@@H]2O1. The van der Waals surface area contributed by atoms with Crippen LogP contribution in [0.3, 0.4) is 0 Å². The Hall–Kier alpha value is -1.30. The Labute approximate surface area is 119 Å². The van der Waals surface area contributed by atoms with Crippen LogP contribution in [0.1, 0.15) is 25.7 Å². The Morgan fingerprint density at radius 1 is 1.15 bits per heavy atom. The molecule has 0 bridgehead atoms. The number of likely N-dealkylation sites (tertiary alicyclic amines) is 2. The summed E-state index contributed by atoms with van der Waals surface area (Å²) in [5.41, 5.74) is 0. The summed E-state index contributed by atoms with van der Waals surface area (Å²) in [5.74, 6) is 0.372. The fourth-order valence-corrected chi connectivity index (χ4v) is 3.54. The Bertz CT molecular complexity index is 395. The standard InChI is InChI=1S/C14H23N3O3/c1-15-13(18)11-8-10-4-7-17(9-12(10)20-11)14(19)16-5-2-3-6-16/h10-12H,2-9H2,1H3,(H,15,18)/t10-,11+,12+/m1/s1. The molecule has 20 heavy (non-hydrogen) atoms. The molecule has 0 aliphatic carbocycles. The molecular formula is C14H23N3O3. The van der Waals surface area contributed by atoms with E-state index < -0.39 is 0 Å². The number of ether oxygens (including phenoxy) is 1. The van der Waals surface area contributed by atoms with E-state index in [4.69, 9.17) is 4.74 Å². The van der Waals surface area contributed by atoms with Crippen molar-refractivity contribution in [3.63, 3.8) is 0 Å². The number of nitrogens with zero attached hydrogens (tertiary/aromatic N) is 2. The quantitative estimate of drug-likeness (QED) is 0.758. The molecule has 0 radical (unpaired) electrons. The molecule has 0 aromatic heterocycles. The maximum absolute atomic E-state index is 12.4. The van der Waals surface area contributed by atoms with E-state index in [0.717, 1.165) is 45.3 Å². The maximum atomic E-state index is 12.4. The van der Waals surface area contributed by atoms with E-state index in [2.05, 4.69) is 5.32 Å². The van der Waals surface area contributed by atoms with Gasteiger partial charge in [0.05, 0.1) is 6.10 Å². The van der Waals surface area contributed by atoms with E-state index in [1.165, 1.54) is 0 Å². The molecule has 0 saturated carbocycles. The van der Waals surface area contributed by atoms with Gasteiger partial charge in [-0.15, -0.1) is 0 Å². The highest BCUT2D eigenvalue weighted by Crippen LogP contribution is 2.33. The lowest BCUT2D eigenvalue weighted by Gasteiger charge is -2.36. The van der Waals surface area contributed by atoms with Crippen LogP contribution in [0.25, 0.3) is 0 Å². The van der Waals surface area contributed by atoms with Crippen molar-refractivity contribution in [1.29, 1.82) is 0 Å². The van der Waals surface area contributed by atoms with Gasteiger partial charge in [0.25, 0.3) is 0 Å². The molecule has 112 valence electrons. The summed E-state index contributed by atoms with van der Waals surface area (Å²) >= 11 is 0. The smallest absolute Gasteiger partial charge is 0.320 e. The van der Waals surface area contributed by atoms with Crippen molar-refractivity contribution in [3.05, 3.63) is 0 Å². The lowest BCUT2D eigenvalue weighted by Crippen LogP contribution is -2.50. The third kappa shape index (κ3) is 2.49. The molecule has 3 aliphatic rings. The van der Waals surface area contributed by atoms with Crippen LogP contribution in [-0.4, -0.2) is 67.2 Å². The predicted molar refractivity (Wildman–Crippen MR) is 73.2 cm³/mol. The first kappa shape index (κ1) is 13.7. The summed E-state index contributed by atoms with van der Waals surface area (Å²) in [6.45, 7) is 3.18. The summed E-state index contributed by atoms with van der Waals surface area (Å²) in [4.78, 5) is 27.9. The van der Waals surface area contributed by atoms with E-state index in [-0.39, 0.29) is 24.1 Å². The molecule has 0 aromatic rings. The molecule has 0 unspecified atom stereocenters. The number of amides is 3. The number of urea groups is 1. The highest BCUT2D eigenvalue weighted by Gasteiger charge is 2.43. The van der Waals surface area contributed by atoms with E-state index in [0.29, 0.717) is 12.5 Å². The van der Waals surface area contributed by atoms with Gasteiger partial charge < -0.3 is 19.9 Å². The third-order valence-electron chi connectivity index (χ3n) is 4.74. The fourth-order valence-electron chi connectivity index (χ4n) is 3.54. The van der Waals surface area contributed by atoms with E-state index in [1.54, 1.807) is 7.05 Å². The lowest BCUT2D eigenvalue weighted by molar-refractivity contribution is -0.132. The second kappa shape index (κ2) is 5.60. The van der Waals surface area contributed by atoms with Crippen LogP contribution in [-0.2, 0) is 9.53 Å². The van der Waals surface area contributed by atoms with Crippen molar-refractivity contribution in [3.8, 4) is 0 Å². The molecule has 1 N–H and O–H groups in total. The molecule has 3 atom stereocenters. The van der Waals surface area contributed by atoms with Crippen LogP contribution in [0, 0.1) is 5.92 Å². The molecule has 3 heterocycles. The van der Waals surface area contributed by atoms with Crippen LogP contribution in [0.15, 0.2) is 0 Å². The first-order chi connectivity index (χ1) is 9.69. The highest BCUT2D eigenvalue weighted by molar-refractivity contribution is 5.80. The molecular weight excluding hydrogens is 258 g/mol. The number of fused-ring (bicyclic) bond motifs is 1. The van der Waals surface area contributed by atoms with Gasteiger partial charge >= 0.3 is 6.03 Å². The van der Waals surface area contributed by atoms with Crippen molar-refractivity contribution < 1.29 is 14.3 Å². The molecule has 3 aliphatic heterocycles. The summed E-state index contributed by atoms with van der Waals surface area (Å²) in [6.07, 6.45) is 3.64. The molecule has 0 spiro atoms. The Morgan fingerprint density at radius 3 is 2.60 bits per heavy atom. The molecule has 6 nitrogen and oxygen atoms in total. The number of hydrogen-bond acceptors (Lipinski definition) is 3. The molecule has 3 fully saturated rings. The average molecular weight is 281 g/mol. The summed E-state index contributed by atoms with van der Waals surface area (Å²) in [5, 5.41) is 2.64. The topological polar surface area (TPSA) is 61.9 Å². The van der Waals surface area contributed by atoms with Gasteiger partial charge in [0, 0.05) is 33.2 Å². The van der Waals surface area contributed by atoms with E-state index in [9.17, 15) is 9.59 Å². The zero-order chi connectivity index (χ0) is 14.1. The molecule has 3 amide bonds. The van der Waals surface area contributed by atoms with Gasteiger partial charge in [-0.25, -0.2) is 4.79 Å². The predicted octanol–water partition coefficient (Wildman–Crippen LogP) is 0.428. The van der Waals surface area contributed by atoms with E-state index in [1.807, 2.05) is 9.80 Å². The summed E-state index contributed by atoms with van der Waals surface area (Å²) < 4.78 is 5.84. The summed E-state index contributed by atoms with van der Waals surface area (Å²) in [6, 6.07) is 0.146. The second-order valence-corrected chi connectivity index (χ2v) is 5.98. The first-order valence-corrected chi connectivity index (χ1v) is 7.60. The largest absolute Gasteiger partial charge is 0.363 e. The average Bonchev–Trinajstić information content (AvgIpc) is 3.13. The number of carbonyl (C=O) groups excluding carboxylic acids is 2. The minimum atomic E-state index is -0.336. The van der Waals surface area contributed by atoms with E-state index >= 15 is 0 Å². The molecule has 0 aromatic carbocycles. The molecule has 3 saturated heterocycles. The third-order valence-corrected chi connectivity index (χ3v) is 4.74. The zero-order valence-corrected chi connectivity index (χ0v) is 12.0. The maximum Gasteiger partial charge on any atom is 0.320 e. The van der Waals surface area contributed by atoms with Gasteiger partial charge in [-0.05, 0) is 31.6 Å². The van der Waals surface area contributed by atoms with Crippen molar-refractivity contribution in [2.24, 2.45) is 5.92 Å². The Kier molecular flexibility index (Phi) is 3.83. The van der Waals surface area contributed by atoms with Crippen molar-refractivity contribution in [2.75, 3.05) is 33.2 Å². The number of likely N-dealkylation sites (N-methyl/N-ethyl adjacent to an activating group) is 1. The van der Waals surface area contributed by atoms with Gasteiger partial charge in [-0.2, -0.15) is 0 Å². The van der Waals surface area contributed by atoms with Crippen LogP contribution in [0.2, 0.25) is 0 Å². The van der Waals surface area contributed by atoms with Crippen molar-refractivity contribution >= 4 is 11.9 Å². The van der Waals surface area contributed by atoms with Crippen LogP contribution >= 0.6 is 0 Å². The van der Waals surface area contributed by atoms with Crippen LogP contribution in [0.4, 0.5) is 4.79 Å². The lowest BCUT2D eigenvalue weighted by atomic mass is 9.92. The number of piperidine rings is 1. The summed E-state index contributed by atoms with van der Waals surface area (Å²) in [7, 11) is 1.64. The number of nitrogens with one attached hydrogen (secondary N) is 1. The number of hydrogen-bond donors (Lipinski definition) is 1. The zero-order valence-electron chi connectivity index (χ0n) is 12.0. The van der Waals surface area contributed by atoms with Gasteiger partial charge in [-0.3, -0.25) is 4.79 Å². The molecule has 3 rings (SSSR count). The highest BCUT2D eigenvalue weighted by atomic mass is 16.5. The minimum absolute atomic E-state index is 0.0256. The van der Waals surface area contributed by atoms with Crippen LogP contribution < -0.4 is 5.32 Å². The fraction of sp³-hybridized carbons (Fsp3) is 0.857. The minimum Gasteiger partial charge on any atom is -0.363 e. The van der Waals surface area contributed by atoms with Gasteiger partial charge in [0.2, 0.25) is 5.91 Å². The first-order valence-electron chi connectivity index (χ1n) is 7.60. The Morgan fingerprint density at radius 2 is 1.90 bits per heavy atom. The number of carbonyl (C=O) groups is 2. The second-order valence-electron chi connectivity index (χ2n) is 5.98. The van der Waals surface area contributed by atoms with Crippen molar-refractivity contribution in [2.45, 2.75) is 37.9 Å². The number of rotatable bonds is 1. The van der Waals surface area contributed by atoms with Crippen molar-refractivity contribution in [1.82, 2.24) is 15.1 Å². The molecule has 6 heteroatoms. The Balaban J connectivity index is 1.58. The monoisotopic (exact) mass is 281 g/mol. The normalized spacial score (nSPS) is 33.1.